The van der Waals surface area contributed by atoms with Crippen LogP contribution < -0.4 is 10.2 Å². The lowest BCUT2D eigenvalue weighted by Crippen LogP contribution is -2.37. The molecule has 1 heterocycles. The van der Waals surface area contributed by atoms with Gasteiger partial charge in [-0.1, -0.05) is 62.9 Å². The number of rotatable bonds is 6. The van der Waals surface area contributed by atoms with Crippen LogP contribution in [0.15, 0.2) is 45.6 Å². The van der Waals surface area contributed by atoms with E-state index < -0.39 is 12.2 Å². The summed E-state index contributed by atoms with van der Waals surface area (Å²) in [6, 6.07) is 10.8. The van der Waals surface area contributed by atoms with Crippen molar-refractivity contribution in [1.29, 1.82) is 0 Å². The van der Waals surface area contributed by atoms with Gasteiger partial charge in [0.25, 0.3) is 0 Å². The maximum absolute atomic E-state index is 12.5. The number of benzene rings is 1. The van der Waals surface area contributed by atoms with E-state index in [4.69, 9.17) is 9.15 Å². The molecule has 5 heteroatoms. The zero-order chi connectivity index (χ0) is 20.1. The van der Waals surface area contributed by atoms with Crippen molar-refractivity contribution in [3.63, 3.8) is 0 Å². The first-order chi connectivity index (χ1) is 13.4. The number of aryl methyl sites for hydroxylation is 1. The molecule has 1 saturated carbocycles. The van der Waals surface area contributed by atoms with E-state index in [0.717, 1.165) is 44.1 Å². The van der Waals surface area contributed by atoms with Gasteiger partial charge in [0.2, 0.25) is 11.2 Å². The number of aliphatic hydroxyl groups is 2. The smallest absolute Gasteiger partial charge is 0.227 e. The summed E-state index contributed by atoms with van der Waals surface area (Å²) in [4.78, 5) is 12.5. The fourth-order valence-electron chi connectivity index (χ4n) is 4.04. The first-order valence-corrected chi connectivity index (χ1v) is 10.1. The van der Waals surface area contributed by atoms with Gasteiger partial charge >= 0.3 is 0 Å². The Bertz CT molecular complexity index is 819. The molecule has 2 aromatic rings. The van der Waals surface area contributed by atoms with E-state index >= 15 is 0 Å². The first kappa shape index (κ1) is 20.6. The molecule has 5 nitrogen and oxygen atoms in total. The van der Waals surface area contributed by atoms with Gasteiger partial charge in [0.05, 0.1) is 6.10 Å². The summed E-state index contributed by atoms with van der Waals surface area (Å²) < 4.78 is 11.3. The third-order valence-corrected chi connectivity index (χ3v) is 5.86. The van der Waals surface area contributed by atoms with Crippen molar-refractivity contribution in [2.75, 3.05) is 0 Å². The summed E-state index contributed by atoms with van der Waals surface area (Å²) in [7, 11) is 0. The van der Waals surface area contributed by atoms with Gasteiger partial charge in [0, 0.05) is 6.07 Å². The van der Waals surface area contributed by atoms with Crippen LogP contribution in [0.2, 0.25) is 0 Å². The second-order valence-corrected chi connectivity index (χ2v) is 8.13. The van der Waals surface area contributed by atoms with Crippen molar-refractivity contribution >= 4 is 0 Å². The molecule has 2 atom stereocenters. The van der Waals surface area contributed by atoms with Crippen LogP contribution in [0.25, 0.3) is 0 Å². The Kier molecular flexibility index (Phi) is 6.57. The molecular formula is C23H30O5. The van der Waals surface area contributed by atoms with Crippen molar-refractivity contribution in [3.05, 3.63) is 63.7 Å². The number of ether oxygens (including phenoxy) is 1. The molecule has 0 bridgehead atoms. The topological polar surface area (TPSA) is 79.9 Å². The van der Waals surface area contributed by atoms with Crippen LogP contribution >= 0.6 is 0 Å². The average molecular weight is 386 g/mol. The Hall–Kier alpha value is -2.11. The van der Waals surface area contributed by atoms with Crippen LogP contribution in [0, 0.1) is 12.3 Å². The van der Waals surface area contributed by atoms with Crippen LogP contribution in [-0.4, -0.2) is 16.3 Å². The quantitative estimate of drug-likeness (QED) is 0.724. The molecule has 0 spiro atoms. The van der Waals surface area contributed by atoms with Crippen LogP contribution in [0.3, 0.4) is 0 Å². The van der Waals surface area contributed by atoms with E-state index in [1.165, 1.54) is 6.07 Å². The first-order valence-electron chi connectivity index (χ1n) is 10.1. The van der Waals surface area contributed by atoms with E-state index in [0.29, 0.717) is 5.76 Å². The highest BCUT2D eigenvalue weighted by Gasteiger charge is 2.39. The van der Waals surface area contributed by atoms with Crippen molar-refractivity contribution in [3.8, 4) is 5.75 Å². The van der Waals surface area contributed by atoms with Gasteiger partial charge in [0.15, 0.2) is 0 Å². The third-order valence-electron chi connectivity index (χ3n) is 5.86. The summed E-state index contributed by atoms with van der Waals surface area (Å²) in [5.41, 5.74) is 0.208. The summed E-state index contributed by atoms with van der Waals surface area (Å²) in [5.74, 6) is 0.526. The average Bonchev–Trinajstić information content (AvgIpc) is 2.92. The monoisotopic (exact) mass is 386 g/mol. The van der Waals surface area contributed by atoms with Gasteiger partial charge in [0.1, 0.15) is 24.2 Å². The predicted molar refractivity (Wildman–Crippen MR) is 107 cm³/mol. The standard InChI is InChI=1S/C23H30O5/c1-16-21(27-15-17-10-6-5-7-11-17)18(24)14-19(28-16)20(25)22(26)23(2)12-8-3-4-9-13-23/h5-7,10-11,14,20,22,25-26H,3-4,8-9,12-13,15H2,1-2H3. The molecule has 1 aliphatic rings. The zero-order valence-electron chi connectivity index (χ0n) is 16.7. The fourth-order valence-corrected chi connectivity index (χ4v) is 4.04. The number of hydrogen-bond acceptors (Lipinski definition) is 5. The Labute approximate surface area is 166 Å². The Morgan fingerprint density at radius 3 is 2.36 bits per heavy atom. The number of aliphatic hydroxyl groups excluding tert-OH is 2. The van der Waals surface area contributed by atoms with E-state index in [1.807, 2.05) is 37.3 Å². The Morgan fingerprint density at radius 1 is 1.11 bits per heavy atom. The lowest BCUT2D eigenvalue weighted by atomic mass is 9.75. The molecule has 2 N–H and O–H groups in total. The molecule has 0 saturated heterocycles. The molecular weight excluding hydrogens is 356 g/mol. The van der Waals surface area contributed by atoms with E-state index in [9.17, 15) is 15.0 Å². The minimum Gasteiger partial charge on any atom is -0.482 e. The zero-order valence-corrected chi connectivity index (χ0v) is 16.7. The Balaban J connectivity index is 1.76. The maximum atomic E-state index is 12.5. The fraction of sp³-hybridized carbons (Fsp3) is 0.522. The van der Waals surface area contributed by atoms with Gasteiger partial charge in [-0.25, -0.2) is 0 Å². The molecule has 0 aliphatic heterocycles. The highest BCUT2D eigenvalue weighted by molar-refractivity contribution is 5.27. The molecule has 1 aromatic heterocycles. The van der Waals surface area contributed by atoms with Crippen LogP contribution in [0.4, 0.5) is 0 Å². The molecule has 1 aliphatic carbocycles. The lowest BCUT2D eigenvalue weighted by Gasteiger charge is -2.36. The predicted octanol–water partition coefficient (Wildman–Crippen LogP) is 4.28. The van der Waals surface area contributed by atoms with Gasteiger partial charge < -0.3 is 19.4 Å². The maximum Gasteiger partial charge on any atom is 0.227 e. The van der Waals surface area contributed by atoms with Crippen molar-refractivity contribution in [1.82, 2.24) is 0 Å². The SMILES string of the molecule is Cc1oc(C(O)C(O)C2(C)CCCCCC2)cc(=O)c1OCc1ccccc1. The van der Waals surface area contributed by atoms with Crippen LogP contribution in [0.1, 0.15) is 68.6 Å². The van der Waals surface area contributed by atoms with Gasteiger partial charge in [-0.2, -0.15) is 0 Å². The molecule has 28 heavy (non-hydrogen) atoms. The highest BCUT2D eigenvalue weighted by atomic mass is 16.5. The third kappa shape index (κ3) is 4.65. The van der Waals surface area contributed by atoms with Crippen molar-refractivity contribution in [2.45, 2.75) is 71.2 Å². The minimum atomic E-state index is -1.24. The summed E-state index contributed by atoms with van der Waals surface area (Å²) in [6.07, 6.45) is 3.87. The van der Waals surface area contributed by atoms with E-state index in [2.05, 4.69) is 0 Å². The van der Waals surface area contributed by atoms with Gasteiger partial charge in [-0.05, 0) is 30.7 Å². The molecule has 0 radical (unpaired) electrons. The molecule has 3 rings (SSSR count). The highest BCUT2D eigenvalue weighted by Crippen LogP contribution is 2.42. The molecule has 1 fully saturated rings. The summed E-state index contributed by atoms with van der Waals surface area (Å²) >= 11 is 0. The van der Waals surface area contributed by atoms with Gasteiger partial charge in [-0.3, -0.25) is 4.79 Å². The molecule has 0 amide bonds. The second kappa shape index (κ2) is 8.93. The summed E-state index contributed by atoms with van der Waals surface area (Å²) in [5, 5.41) is 21.6. The van der Waals surface area contributed by atoms with Crippen LogP contribution in [-0.2, 0) is 6.61 Å². The second-order valence-electron chi connectivity index (χ2n) is 8.13. The normalized spacial score (nSPS) is 18.9. The molecule has 1 aromatic carbocycles. The molecule has 2 unspecified atom stereocenters. The summed E-state index contributed by atoms with van der Waals surface area (Å²) in [6.45, 7) is 3.90. The Morgan fingerprint density at radius 2 is 1.75 bits per heavy atom. The van der Waals surface area contributed by atoms with E-state index in [-0.39, 0.29) is 29.0 Å². The van der Waals surface area contributed by atoms with Gasteiger partial charge in [-0.15, -0.1) is 0 Å². The minimum absolute atomic E-state index is 0.0903. The van der Waals surface area contributed by atoms with Crippen molar-refractivity contribution < 1.29 is 19.4 Å². The number of hydrogen-bond donors (Lipinski definition) is 2. The van der Waals surface area contributed by atoms with E-state index in [1.54, 1.807) is 6.92 Å². The molecule has 152 valence electrons. The van der Waals surface area contributed by atoms with Crippen LogP contribution in [0.5, 0.6) is 5.75 Å². The lowest BCUT2D eigenvalue weighted by molar-refractivity contribution is -0.0753. The largest absolute Gasteiger partial charge is 0.482 e. The van der Waals surface area contributed by atoms with Crippen molar-refractivity contribution in [2.24, 2.45) is 5.41 Å².